The minimum atomic E-state index is -3.49. The number of morpholine rings is 1. The summed E-state index contributed by atoms with van der Waals surface area (Å²) < 4.78 is 33.1. The van der Waals surface area contributed by atoms with E-state index in [4.69, 9.17) is 17.0 Å². The van der Waals surface area contributed by atoms with Crippen LogP contribution >= 0.6 is 34.8 Å². The number of sulfonamides is 1. The Kier molecular flexibility index (Phi) is 6.69. The fourth-order valence-electron chi connectivity index (χ4n) is 2.66. The van der Waals surface area contributed by atoms with Gasteiger partial charge in [-0.05, 0) is 89.8 Å². The SMILES string of the molecule is Cc1cc(NC(=S)Nc2ccc(S(=O)(=O)N3CCOCC3)cc2)ccc1I. The molecule has 6 nitrogen and oxygen atoms in total. The average molecular weight is 517 g/mol. The minimum absolute atomic E-state index is 0.266. The first-order valence-corrected chi connectivity index (χ1v) is 11.3. The highest BCUT2D eigenvalue weighted by molar-refractivity contribution is 14.1. The molecule has 0 spiro atoms. The molecule has 1 aliphatic rings. The van der Waals surface area contributed by atoms with Crippen LogP contribution in [0.25, 0.3) is 0 Å². The fourth-order valence-corrected chi connectivity index (χ4v) is 4.64. The lowest BCUT2D eigenvalue weighted by Gasteiger charge is -2.26. The molecule has 0 unspecified atom stereocenters. The first kappa shape index (κ1) is 20.5. The van der Waals surface area contributed by atoms with E-state index in [0.717, 1.165) is 11.4 Å². The van der Waals surface area contributed by atoms with E-state index >= 15 is 0 Å². The summed E-state index contributed by atoms with van der Waals surface area (Å²) in [5.41, 5.74) is 2.79. The molecule has 9 heteroatoms. The van der Waals surface area contributed by atoms with Crippen LogP contribution in [0.4, 0.5) is 11.4 Å². The van der Waals surface area contributed by atoms with Crippen molar-refractivity contribution >= 4 is 61.3 Å². The maximum Gasteiger partial charge on any atom is 0.243 e. The van der Waals surface area contributed by atoms with Crippen LogP contribution in [0.15, 0.2) is 47.4 Å². The van der Waals surface area contributed by atoms with Gasteiger partial charge in [0, 0.05) is 28.0 Å². The number of rotatable bonds is 4. The molecule has 1 heterocycles. The maximum atomic E-state index is 12.6. The normalized spacial score (nSPS) is 15.3. The van der Waals surface area contributed by atoms with E-state index in [2.05, 4.69) is 33.2 Å². The third-order valence-corrected chi connectivity index (χ3v) is 7.46. The lowest BCUT2D eigenvalue weighted by molar-refractivity contribution is 0.0730. The number of halogens is 1. The van der Waals surface area contributed by atoms with Crippen LogP contribution in [0.3, 0.4) is 0 Å². The zero-order chi connectivity index (χ0) is 19.4. The molecular weight excluding hydrogens is 497 g/mol. The third-order valence-electron chi connectivity index (χ3n) is 4.14. The number of nitrogens with zero attached hydrogens (tertiary/aromatic N) is 1. The van der Waals surface area contributed by atoms with Crippen molar-refractivity contribution in [3.8, 4) is 0 Å². The summed E-state index contributed by atoms with van der Waals surface area (Å²) in [5, 5.41) is 6.65. The molecule has 0 aromatic heterocycles. The Morgan fingerprint density at radius 1 is 1.07 bits per heavy atom. The number of hydrogen-bond acceptors (Lipinski definition) is 4. The zero-order valence-corrected chi connectivity index (χ0v) is 18.5. The van der Waals surface area contributed by atoms with Crippen molar-refractivity contribution in [2.24, 2.45) is 0 Å². The van der Waals surface area contributed by atoms with Gasteiger partial charge in [0.05, 0.1) is 18.1 Å². The highest BCUT2D eigenvalue weighted by Crippen LogP contribution is 2.20. The molecule has 0 atom stereocenters. The van der Waals surface area contributed by atoms with Crippen molar-refractivity contribution in [1.82, 2.24) is 4.31 Å². The van der Waals surface area contributed by atoms with Crippen LogP contribution in [0.2, 0.25) is 0 Å². The Balaban J connectivity index is 1.64. The number of hydrogen-bond donors (Lipinski definition) is 2. The molecule has 2 aromatic rings. The lowest BCUT2D eigenvalue weighted by Crippen LogP contribution is -2.40. The first-order valence-electron chi connectivity index (χ1n) is 8.38. The lowest BCUT2D eigenvalue weighted by atomic mass is 10.2. The molecule has 144 valence electrons. The second-order valence-electron chi connectivity index (χ2n) is 6.08. The van der Waals surface area contributed by atoms with E-state index in [-0.39, 0.29) is 4.90 Å². The molecular formula is C18H20IN3O3S2. The van der Waals surface area contributed by atoms with Gasteiger partial charge in [-0.2, -0.15) is 4.31 Å². The molecule has 0 amide bonds. The molecule has 27 heavy (non-hydrogen) atoms. The summed E-state index contributed by atoms with van der Waals surface area (Å²) in [6.07, 6.45) is 0. The zero-order valence-electron chi connectivity index (χ0n) is 14.7. The predicted octanol–water partition coefficient (Wildman–Crippen LogP) is 3.43. The molecule has 0 saturated carbocycles. The fraction of sp³-hybridized carbons (Fsp3) is 0.278. The van der Waals surface area contributed by atoms with Crippen LogP contribution in [0.5, 0.6) is 0 Å². The first-order chi connectivity index (χ1) is 12.9. The number of ether oxygens (including phenoxy) is 1. The highest BCUT2D eigenvalue weighted by Gasteiger charge is 2.26. The number of thiocarbonyl (C=S) groups is 1. The second kappa shape index (κ2) is 8.82. The van der Waals surface area contributed by atoms with Crippen LogP contribution in [0, 0.1) is 10.5 Å². The van der Waals surface area contributed by atoms with Crippen LogP contribution < -0.4 is 10.6 Å². The Bertz CT molecular complexity index is 927. The van der Waals surface area contributed by atoms with Gasteiger partial charge in [-0.15, -0.1) is 0 Å². The Hall–Kier alpha value is -1.27. The van der Waals surface area contributed by atoms with Crippen LogP contribution in [-0.2, 0) is 14.8 Å². The Labute approximate surface area is 178 Å². The topological polar surface area (TPSA) is 70.7 Å². The largest absolute Gasteiger partial charge is 0.379 e. The smallest absolute Gasteiger partial charge is 0.243 e. The van der Waals surface area contributed by atoms with Crippen LogP contribution in [-0.4, -0.2) is 44.1 Å². The van der Waals surface area contributed by atoms with Gasteiger partial charge in [-0.1, -0.05) is 0 Å². The standard InChI is InChI=1S/C18H20IN3O3S2/c1-13-12-15(4-7-17(13)19)21-18(26)20-14-2-5-16(6-3-14)27(23,24)22-8-10-25-11-9-22/h2-7,12H,8-11H2,1H3,(H2,20,21,26). The van der Waals surface area contributed by atoms with E-state index in [9.17, 15) is 8.42 Å². The van der Waals surface area contributed by atoms with Gasteiger partial charge in [-0.25, -0.2) is 8.42 Å². The number of nitrogens with one attached hydrogen (secondary N) is 2. The molecule has 0 radical (unpaired) electrons. The molecule has 1 aliphatic heterocycles. The van der Waals surface area contributed by atoms with E-state index in [1.807, 2.05) is 25.1 Å². The summed E-state index contributed by atoms with van der Waals surface area (Å²) in [6.45, 7) is 3.65. The van der Waals surface area contributed by atoms with Crippen molar-refractivity contribution < 1.29 is 13.2 Å². The molecule has 1 saturated heterocycles. The van der Waals surface area contributed by atoms with Gasteiger partial charge in [0.1, 0.15) is 0 Å². The molecule has 2 N–H and O–H groups in total. The quantitative estimate of drug-likeness (QED) is 0.479. The number of anilines is 2. The molecule has 0 aliphatic carbocycles. The molecule has 2 aromatic carbocycles. The second-order valence-corrected chi connectivity index (χ2v) is 9.59. The van der Waals surface area contributed by atoms with Crippen LogP contribution in [0.1, 0.15) is 5.56 Å². The summed E-state index contributed by atoms with van der Waals surface area (Å²) >= 11 is 7.62. The van der Waals surface area contributed by atoms with Crippen molar-refractivity contribution in [3.05, 3.63) is 51.6 Å². The molecule has 1 fully saturated rings. The summed E-state index contributed by atoms with van der Waals surface area (Å²) in [7, 11) is -3.49. The maximum absolute atomic E-state index is 12.6. The van der Waals surface area contributed by atoms with Gasteiger partial charge in [0.2, 0.25) is 10.0 Å². The van der Waals surface area contributed by atoms with Crippen molar-refractivity contribution in [2.75, 3.05) is 36.9 Å². The van der Waals surface area contributed by atoms with Crippen molar-refractivity contribution in [3.63, 3.8) is 0 Å². The van der Waals surface area contributed by atoms with E-state index in [0.29, 0.717) is 31.4 Å². The predicted molar refractivity (Wildman–Crippen MR) is 120 cm³/mol. The Morgan fingerprint density at radius 2 is 1.67 bits per heavy atom. The van der Waals surface area contributed by atoms with E-state index < -0.39 is 10.0 Å². The van der Waals surface area contributed by atoms with Crippen molar-refractivity contribution in [1.29, 1.82) is 0 Å². The van der Waals surface area contributed by atoms with Gasteiger partial charge >= 0.3 is 0 Å². The van der Waals surface area contributed by atoms with Crippen molar-refractivity contribution in [2.45, 2.75) is 11.8 Å². The van der Waals surface area contributed by atoms with Gasteiger partial charge in [0.25, 0.3) is 0 Å². The monoisotopic (exact) mass is 517 g/mol. The number of benzene rings is 2. The van der Waals surface area contributed by atoms with E-state index in [1.54, 1.807) is 24.3 Å². The minimum Gasteiger partial charge on any atom is -0.379 e. The summed E-state index contributed by atoms with van der Waals surface area (Å²) in [4.78, 5) is 0.266. The third kappa shape index (κ3) is 5.17. The van der Waals surface area contributed by atoms with Gasteiger partial charge in [-0.3, -0.25) is 0 Å². The average Bonchev–Trinajstić information content (AvgIpc) is 2.66. The van der Waals surface area contributed by atoms with E-state index in [1.165, 1.54) is 13.4 Å². The molecule has 0 bridgehead atoms. The molecule has 3 rings (SSSR count). The van der Waals surface area contributed by atoms with Gasteiger partial charge < -0.3 is 15.4 Å². The summed E-state index contributed by atoms with van der Waals surface area (Å²) in [5.74, 6) is 0. The Morgan fingerprint density at radius 3 is 2.30 bits per heavy atom. The highest BCUT2D eigenvalue weighted by atomic mass is 127. The van der Waals surface area contributed by atoms with Gasteiger partial charge in [0.15, 0.2) is 5.11 Å². The summed E-state index contributed by atoms with van der Waals surface area (Å²) in [6, 6.07) is 12.6. The number of aryl methyl sites for hydroxylation is 1.